The molecule has 0 spiro atoms. The minimum absolute atomic E-state index is 0.136. The van der Waals surface area contributed by atoms with Crippen LogP contribution in [-0.2, 0) is 14.8 Å². The lowest BCUT2D eigenvalue weighted by molar-refractivity contribution is -0.153. The van der Waals surface area contributed by atoms with E-state index in [4.69, 9.17) is 9.47 Å². The number of para-hydroxylation sites is 1. The summed E-state index contributed by atoms with van der Waals surface area (Å²) in [5, 5.41) is 2.41. The van der Waals surface area contributed by atoms with Crippen LogP contribution in [0.3, 0.4) is 0 Å². The van der Waals surface area contributed by atoms with Crippen molar-refractivity contribution in [2.24, 2.45) is 0 Å². The second kappa shape index (κ2) is 10.9. The number of carbonyl (C=O) groups excluding carboxylic acids is 1. The Kier molecular flexibility index (Phi) is 8.20. The number of hydrogen-bond donors (Lipinski definition) is 1. The van der Waals surface area contributed by atoms with Crippen molar-refractivity contribution in [3.05, 3.63) is 48.5 Å². The van der Waals surface area contributed by atoms with E-state index in [2.05, 4.69) is 5.32 Å². The maximum absolute atomic E-state index is 13.1. The SMILES string of the molecule is O=C(COc1ccccc1)Nc1cc(S(=O)(=O)N2CCCCCC2)ccc1OCC(F)(F)F. The van der Waals surface area contributed by atoms with Crippen molar-refractivity contribution in [3.63, 3.8) is 0 Å². The molecule has 1 aliphatic heterocycles. The van der Waals surface area contributed by atoms with E-state index >= 15 is 0 Å². The van der Waals surface area contributed by atoms with Crippen LogP contribution in [0.5, 0.6) is 11.5 Å². The highest BCUT2D eigenvalue weighted by atomic mass is 32.2. The van der Waals surface area contributed by atoms with Crippen molar-refractivity contribution in [1.82, 2.24) is 4.31 Å². The van der Waals surface area contributed by atoms with Gasteiger partial charge in [0.2, 0.25) is 10.0 Å². The number of amides is 1. The van der Waals surface area contributed by atoms with Crippen LogP contribution in [0.4, 0.5) is 18.9 Å². The molecule has 2 aromatic carbocycles. The molecule has 33 heavy (non-hydrogen) atoms. The molecule has 0 atom stereocenters. The van der Waals surface area contributed by atoms with Crippen molar-refractivity contribution in [3.8, 4) is 11.5 Å². The summed E-state index contributed by atoms with van der Waals surface area (Å²) < 4.78 is 75.7. The third-order valence-electron chi connectivity index (χ3n) is 4.93. The lowest BCUT2D eigenvalue weighted by Gasteiger charge is -2.21. The van der Waals surface area contributed by atoms with Crippen molar-refractivity contribution in [2.45, 2.75) is 36.8 Å². The molecule has 1 heterocycles. The first-order valence-corrected chi connectivity index (χ1v) is 11.9. The van der Waals surface area contributed by atoms with E-state index in [1.165, 1.54) is 10.4 Å². The summed E-state index contributed by atoms with van der Waals surface area (Å²) in [6.07, 6.45) is -1.29. The van der Waals surface area contributed by atoms with Gasteiger partial charge in [0, 0.05) is 13.1 Å². The van der Waals surface area contributed by atoms with E-state index in [9.17, 15) is 26.4 Å². The minimum Gasteiger partial charge on any atom is -0.484 e. The predicted octanol–water partition coefficient (Wildman–Crippen LogP) is 4.21. The Morgan fingerprint density at radius 1 is 0.970 bits per heavy atom. The van der Waals surface area contributed by atoms with Crippen molar-refractivity contribution in [1.29, 1.82) is 0 Å². The Bertz CT molecular complexity index is 1040. The molecule has 0 saturated carbocycles. The van der Waals surface area contributed by atoms with Crippen LogP contribution in [0.1, 0.15) is 25.7 Å². The second-order valence-electron chi connectivity index (χ2n) is 7.53. The summed E-state index contributed by atoms with van der Waals surface area (Å²) in [4.78, 5) is 12.2. The monoisotopic (exact) mass is 486 g/mol. The normalized spacial score (nSPS) is 15.5. The van der Waals surface area contributed by atoms with Crippen LogP contribution in [-0.4, -0.2) is 51.1 Å². The summed E-state index contributed by atoms with van der Waals surface area (Å²) in [5.74, 6) is -0.547. The van der Waals surface area contributed by atoms with Crippen LogP contribution in [0, 0.1) is 0 Å². The molecular formula is C22H25F3N2O5S. The molecule has 0 aliphatic carbocycles. The van der Waals surface area contributed by atoms with E-state index in [1.54, 1.807) is 30.3 Å². The molecule has 180 valence electrons. The molecule has 1 aliphatic rings. The van der Waals surface area contributed by atoms with E-state index in [0.717, 1.165) is 37.8 Å². The van der Waals surface area contributed by atoms with Gasteiger partial charge in [-0.1, -0.05) is 31.0 Å². The number of carbonyl (C=O) groups is 1. The van der Waals surface area contributed by atoms with E-state index in [-0.39, 0.29) is 16.3 Å². The van der Waals surface area contributed by atoms with Gasteiger partial charge in [-0.2, -0.15) is 17.5 Å². The maximum Gasteiger partial charge on any atom is 0.422 e. The number of benzene rings is 2. The quantitative estimate of drug-likeness (QED) is 0.604. The van der Waals surface area contributed by atoms with Crippen LogP contribution in [0.25, 0.3) is 0 Å². The molecule has 0 bridgehead atoms. The zero-order valence-electron chi connectivity index (χ0n) is 17.8. The number of sulfonamides is 1. The standard InChI is InChI=1S/C22H25F3N2O5S/c23-22(24,25)16-32-20-11-10-18(33(29,30)27-12-6-1-2-7-13-27)14-19(20)26-21(28)15-31-17-8-4-3-5-9-17/h3-5,8-11,14H,1-2,6-7,12-13,15-16H2,(H,26,28). The number of rotatable bonds is 8. The number of alkyl halides is 3. The number of nitrogens with zero attached hydrogens (tertiary/aromatic N) is 1. The second-order valence-corrected chi connectivity index (χ2v) is 9.47. The molecule has 1 saturated heterocycles. The number of nitrogens with one attached hydrogen (secondary N) is 1. The van der Waals surface area contributed by atoms with E-state index in [1.807, 2.05) is 0 Å². The molecule has 1 N–H and O–H groups in total. The lowest BCUT2D eigenvalue weighted by Crippen LogP contribution is -2.32. The molecule has 3 rings (SSSR count). The molecule has 0 radical (unpaired) electrons. The average molecular weight is 487 g/mol. The number of hydrogen-bond acceptors (Lipinski definition) is 5. The van der Waals surface area contributed by atoms with Gasteiger partial charge in [-0.05, 0) is 43.2 Å². The summed E-state index contributed by atoms with van der Waals surface area (Å²) in [6, 6.07) is 11.9. The number of halogens is 3. The molecular weight excluding hydrogens is 461 g/mol. The Morgan fingerprint density at radius 3 is 2.27 bits per heavy atom. The van der Waals surface area contributed by atoms with Crippen LogP contribution < -0.4 is 14.8 Å². The molecule has 11 heteroatoms. The smallest absolute Gasteiger partial charge is 0.422 e. The Hall–Kier alpha value is -2.79. The topological polar surface area (TPSA) is 84.9 Å². The van der Waals surface area contributed by atoms with Crippen LogP contribution in [0.2, 0.25) is 0 Å². The highest BCUT2D eigenvalue weighted by Crippen LogP contribution is 2.31. The van der Waals surface area contributed by atoms with Crippen molar-refractivity contribution >= 4 is 21.6 Å². The van der Waals surface area contributed by atoms with Gasteiger partial charge in [-0.3, -0.25) is 4.79 Å². The van der Waals surface area contributed by atoms with Gasteiger partial charge in [-0.15, -0.1) is 0 Å². The van der Waals surface area contributed by atoms with Crippen LogP contribution in [0.15, 0.2) is 53.4 Å². The zero-order chi connectivity index (χ0) is 23.9. The summed E-state index contributed by atoms with van der Waals surface area (Å²) in [7, 11) is -3.89. The highest BCUT2D eigenvalue weighted by Gasteiger charge is 2.30. The lowest BCUT2D eigenvalue weighted by atomic mass is 10.2. The van der Waals surface area contributed by atoms with Gasteiger partial charge < -0.3 is 14.8 Å². The first-order valence-electron chi connectivity index (χ1n) is 10.5. The van der Waals surface area contributed by atoms with Gasteiger partial charge in [0.05, 0.1) is 10.6 Å². The molecule has 0 unspecified atom stereocenters. The highest BCUT2D eigenvalue weighted by molar-refractivity contribution is 7.89. The molecule has 1 amide bonds. The Morgan fingerprint density at radius 2 is 1.64 bits per heavy atom. The van der Waals surface area contributed by atoms with Crippen LogP contribution >= 0.6 is 0 Å². The van der Waals surface area contributed by atoms with Gasteiger partial charge in [0.25, 0.3) is 5.91 Å². The first kappa shape index (κ1) is 24.8. The molecule has 2 aromatic rings. The van der Waals surface area contributed by atoms with E-state index < -0.39 is 35.3 Å². The van der Waals surface area contributed by atoms with Crippen molar-refractivity contribution in [2.75, 3.05) is 31.6 Å². The number of ether oxygens (including phenoxy) is 2. The zero-order valence-corrected chi connectivity index (χ0v) is 18.6. The van der Waals surface area contributed by atoms with E-state index in [0.29, 0.717) is 18.8 Å². The predicted molar refractivity (Wildman–Crippen MR) is 116 cm³/mol. The first-order chi connectivity index (χ1) is 15.6. The fourth-order valence-electron chi connectivity index (χ4n) is 3.34. The molecule has 0 aromatic heterocycles. The van der Waals surface area contributed by atoms with Gasteiger partial charge in [-0.25, -0.2) is 8.42 Å². The third-order valence-corrected chi connectivity index (χ3v) is 6.83. The Labute approximate surface area is 190 Å². The average Bonchev–Trinajstić information content (AvgIpc) is 3.07. The summed E-state index contributed by atoms with van der Waals surface area (Å²) in [6.45, 7) is -1.29. The summed E-state index contributed by atoms with van der Waals surface area (Å²) in [5.41, 5.74) is -0.184. The fraction of sp³-hybridized carbons (Fsp3) is 0.409. The van der Waals surface area contributed by atoms with Gasteiger partial charge in [0.15, 0.2) is 13.2 Å². The largest absolute Gasteiger partial charge is 0.484 e. The maximum atomic E-state index is 13.1. The van der Waals surface area contributed by atoms with Gasteiger partial charge in [0.1, 0.15) is 11.5 Å². The van der Waals surface area contributed by atoms with Gasteiger partial charge >= 0.3 is 6.18 Å². The summed E-state index contributed by atoms with van der Waals surface area (Å²) >= 11 is 0. The Balaban J connectivity index is 1.81. The third kappa shape index (κ3) is 7.36. The fourth-order valence-corrected chi connectivity index (χ4v) is 4.88. The molecule has 7 nitrogen and oxygen atoms in total. The van der Waals surface area contributed by atoms with Crippen molar-refractivity contribution < 1.29 is 35.9 Å². The molecule has 1 fully saturated rings. The number of anilines is 1. The minimum atomic E-state index is -4.60.